The monoisotopic (exact) mass is 423 g/mol. The van der Waals surface area contributed by atoms with E-state index in [-0.39, 0.29) is 5.91 Å². The second-order valence-corrected chi connectivity index (χ2v) is 7.58. The summed E-state index contributed by atoms with van der Waals surface area (Å²) in [6.45, 7) is 5.27. The molecule has 9 heteroatoms. The Balaban J connectivity index is 1.77. The first-order valence-corrected chi connectivity index (χ1v) is 9.93. The number of fused-ring (bicyclic) bond motifs is 1. The van der Waals surface area contributed by atoms with Crippen molar-refractivity contribution in [3.8, 4) is 11.3 Å². The first-order chi connectivity index (χ1) is 14.4. The summed E-state index contributed by atoms with van der Waals surface area (Å²) in [5, 5.41) is 12.3. The van der Waals surface area contributed by atoms with Crippen molar-refractivity contribution in [1.82, 2.24) is 29.9 Å². The average Bonchev–Trinajstić information content (AvgIpc) is 3.32. The molecule has 3 aromatic heterocycles. The van der Waals surface area contributed by atoms with E-state index >= 15 is 0 Å². The first-order valence-electron chi connectivity index (χ1n) is 9.55. The second kappa shape index (κ2) is 7.79. The minimum Gasteiger partial charge on any atom is -0.384 e. The molecule has 3 N–H and O–H groups in total. The van der Waals surface area contributed by atoms with Gasteiger partial charge < -0.3 is 10.6 Å². The van der Waals surface area contributed by atoms with E-state index in [0.29, 0.717) is 45.1 Å². The van der Waals surface area contributed by atoms with Crippen LogP contribution in [0.3, 0.4) is 0 Å². The molecule has 0 bridgehead atoms. The Labute approximate surface area is 178 Å². The van der Waals surface area contributed by atoms with Crippen LogP contribution in [0.2, 0.25) is 5.02 Å². The highest BCUT2D eigenvalue weighted by atomic mass is 35.5. The molecule has 1 amide bonds. The molecule has 4 rings (SSSR count). The number of H-pyrrole nitrogens is 1. The fraction of sp³-hybridized carbons (Fsp3) is 0.238. The zero-order chi connectivity index (χ0) is 21.4. The Hall–Kier alpha value is -3.39. The fourth-order valence-electron chi connectivity index (χ4n) is 3.51. The number of benzene rings is 1. The van der Waals surface area contributed by atoms with E-state index in [2.05, 4.69) is 20.3 Å². The predicted octanol–water partition coefficient (Wildman–Crippen LogP) is 3.66. The van der Waals surface area contributed by atoms with Gasteiger partial charge in [-0.15, -0.1) is 0 Å². The van der Waals surface area contributed by atoms with Crippen molar-refractivity contribution >= 4 is 34.2 Å². The number of nitrogens with zero attached hydrogens (tertiary/aromatic N) is 5. The molecule has 154 valence electrons. The third-order valence-corrected chi connectivity index (χ3v) is 5.44. The largest absolute Gasteiger partial charge is 0.384 e. The summed E-state index contributed by atoms with van der Waals surface area (Å²) in [7, 11) is 1.77. The van der Waals surface area contributed by atoms with E-state index in [9.17, 15) is 4.79 Å². The molecule has 0 atom stereocenters. The molecule has 0 unspecified atom stereocenters. The molecule has 8 nitrogen and oxygen atoms in total. The molecule has 30 heavy (non-hydrogen) atoms. The van der Waals surface area contributed by atoms with Crippen molar-refractivity contribution in [2.75, 3.05) is 12.8 Å². The minimum atomic E-state index is -0.142. The number of nitrogens with one attached hydrogen (secondary N) is 1. The molecule has 4 aromatic rings. The number of carbonyl (C=O) groups excluding carboxylic acids is 1. The summed E-state index contributed by atoms with van der Waals surface area (Å²) >= 11 is 6.21. The van der Waals surface area contributed by atoms with Crippen molar-refractivity contribution in [2.45, 2.75) is 26.9 Å². The molecule has 0 fully saturated rings. The zero-order valence-corrected chi connectivity index (χ0v) is 17.7. The summed E-state index contributed by atoms with van der Waals surface area (Å²) in [6, 6.07) is 7.04. The van der Waals surface area contributed by atoms with Gasteiger partial charge in [-0.2, -0.15) is 10.2 Å². The Morgan fingerprint density at radius 3 is 2.77 bits per heavy atom. The van der Waals surface area contributed by atoms with Gasteiger partial charge in [0, 0.05) is 41.8 Å². The standard InChI is InChI=1S/C21H22ClN7O/c1-4-29-12(2)13(9-25-29)11-28(3)21(30)16-8-19(17-10-24-27-20(17)23)26-18-6-5-14(22)7-15(16)18/h5-10H,4,11H2,1-3H3,(H3,23,24,27). The number of rotatable bonds is 5. The SMILES string of the molecule is CCn1ncc(CN(C)C(=O)c2cc(-c3cn[nH]c3N)nc3ccc(Cl)cc23)c1C. The maximum Gasteiger partial charge on any atom is 0.254 e. The summed E-state index contributed by atoms with van der Waals surface area (Å²) in [4.78, 5) is 19.8. The summed E-state index contributed by atoms with van der Waals surface area (Å²) in [6.07, 6.45) is 3.40. The van der Waals surface area contributed by atoms with Gasteiger partial charge in [0.2, 0.25) is 0 Å². The number of anilines is 1. The normalized spacial score (nSPS) is 11.2. The Kier molecular flexibility index (Phi) is 5.17. The molecule has 0 aliphatic heterocycles. The van der Waals surface area contributed by atoms with Crippen LogP contribution in [0.5, 0.6) is 0 Å². The van der Waals surface area contributed by atoms with Crippen LogP contribution in [-0.4, -0.2) is 42.8 Å². The number of aromatic amines is 1. The second-order valence-electron chi connectivity index (χ2n) is 7.15. The maximum absolute atomic E-state index is 13.4. The molecule has 0 radical (unpaired) electrons. The van der Waals surface area contributed by atoms with Crippen molar-refractivity contribution in [2.24, 2.45) is 0 Å². The lowest BCUT2D eigenvalue weighted by Gasteiger charge is -2.19. The van der Waals surface area contributed by atoms with Crippen LogP contribution in [0.15, 0.2) is 36.7 Å². The molecule has 0 aliphatic carbocycles. The van der Waals surface area contributed by atoms with Gasteiger partial charge in [0.25, 0.3) is 5.91 Å². The van der Waals surface area contributed by atoms with Crippen LogP contribution in [-0.2, 0) is 13.1 Å². The highest BCUT2D eigenvalue weighted by molar-refractivity contribution is 6.31. The molecule has 0 saturated carbocycles. The zero-order valence-electron chi connectivity index (χ0n) is 17.0. The number of carbonyl (C=O) groups is 1. The Morgan fingerprint density at radius 1 is 1.30 bits per heavy atom. The molecule has 0 spiro atoms. The van der Waals surface area contributed by atoms with E-state index in [0.717, 1.165) is 17.8 Å². The lowest BCUT2D eigenvalue weighted by molar-refractivity contribution is 0.0787. The number of aromatic nitrogens is 5. The van der Waals surface area contributed by atoms with Crippen molar-refractivity contribution < 1.29 is 4.79 Å². The van der Waals surface area contributed by atoms with E-state index in [4.69, 9.17) is 17.3 Å². The summed E-state index contributed by atoms with van der Waals surface area (Å²) < 4.78 is 1.91. The number of pyridine rings is 1. The van der Waals surface area contributed by atoms with Crippen LogP contribution in [0.4, 0.5) is 5.82 Å². The van der Waals surface area contributed by atoms with Crippen LogP contribution >= 0.6 is 11.6 Å². The minimum absolute atomic E-state index is 0.142. The van der Waals surface area contributed by atoms with Crippen LogP contribution < -0.4 is 5.73 Å². The highest BCUT2D eigenvalue weighted by Crippen LogP contribution is 2.29. The third kappa shape index (κ3) is 3.50. The number of nitrogens with two attached hydrogens (primary N) is 1. The van der Waals surface area contributed by atoms with Gasteiger partial charge in [0.1, 0.15) is 5.82 Å². The van der Waals surface area contributed by atoms with E-state index in [1.807, 2.05) is 24.7 Å². The van der Waals surface area contributed by atoms with Gasteiger partial charge in [0.05, 0.1) is 34.7 Å². The van der Waals surface area contributed by atoms with E-state index < -0.39 is 0 Å². The summed E-state index contributed by atoms with van der Waals surface area (Å²) in [5.41, 5.74) is 10.4. The van der Waals surface area contributed by atoms with Crippen LogP contribution in [0, 0.1) is 6.92 Å². The van der Waals surface area contributed by atoms with Crippen molar-refractivity contribution in [3.63, 3.8) is 0 Å². The number of hydrogen-bond donors (Lipinski definition) is 2. The molecule has 0 saturated heterocycles. The fourth-order valence-corrected chi connectivity index (χ4v) is 3.68. The third-order valence-electron chi connectivity index (χ3n) is 5.20. The van der Waals surface area contributed by atoms with Crippen LogP contribution in [0.1, 0.15) is 28.5 Å². The van der Waals surface area contributed by atoms with Crippen molar-refractivity contribution in [1.29, 1.82) is 0 Å². The topological polar surface area (TPSA) is 106 Å². The summed E-state index contributed by atoms with van der Waals surface area (Å²) in [5.74, 6) is 0.252. The predicted molar refractivity (Wildman–Crippen MR) is 117 cm³/mol. The first kappa shape index (κ1) is 19.9. The molecule has 0 aliphatic rings. The van der Waals surface area contributed by atoms with Crippen LogP contribution in [0.25, 0.3) is 22.2 Å². The average molecular weight is 424 g/mol. The number of hydrogen-bond acceptors (Lipinski definition) is 5. The van der Waals surface area contributed by atoms with Gasteiger partial charge >= 0.3 is 0 Å². The van der Waals surface area contributed by atoms with E-state index in [1.54, 1.807) is 42.4 Å². The quantitative estimate of drug-likeness (QED) is 0.509. The van der Waals surface area contributed by atoms with Gasteiger partial charge in [-0.1, -0.05) is 11.6 Å². The highest BCUT2D eigenvalue weighted by Gasteiger charge is 2.20. The maximum atomic E-state index is 13.4. The number of nitrogen functional groups attached to an aromatic ring is 1. The lowest BCUT2D eigenvalue weighted by atomic mass is 10.0. The molecular weight excluding hydrogens is 402 g/mol. The van der Waals surface area contributed by atoms with E-state index in [1.165, 1.54) is 0 Å². The molecule has 3 heterocycles. The number of aryl methyl sites for hydroxylation is 1. The van der Waals surface area contributed by atoms with Crippen molar-refractivity contribution in [3.05, 3.63) is 58.5 Å². The molecule has 1 aromatic carbocycles. The lowest BCUT2D eigenvalue weighted by Crippen LogP contribution is -2.26. The smallest absolute Gasteiger partial charge is 0.254 e. The Bertz CT molecular complexity index is 1240. The van der Waals surface area contributed by atoms with Gasteiger partial charge in [-0.05, 0) is 38.1 Å². The van der Waals surface area contributed by atoms with Gasteiger partial charge in [-0.3, -0.25) is 14.6 Å². The number of halogens is 1. The van der Waals surface area contributed by atoms with Gasteiger partial charge in [-0.25, -0.2) is 4.98 Å². The molecular formula is C21H22ClN7O. The number of amides is 1. The van der Waals surface area contributed by atoms with Gasteiger partial charge in [0.15, 0.2) is 0 Å². The Morgan fingerprint density at radius 2 is 2.10 bits per heavy atom.